The van der Waals surface area contributed by atoms with Crippen LogP contribution in [0.25, 0.3) is 10.1 Å². The molecule has 0 saturated carbocycles. The Labute approximate surface area is 181 Å². The number of hydrogen-bond donors (Lipinski definition) is 2. The van der Waals surface area contributed by atoms with Crippen molar-refractivity contribution in [2.75, 3.05) is 43.5 Å². The molecule has 2 aromatic carbocycles. The van der Waals surface area contributed by atoms with E-state index >= 15 is 0 Å². The normalized spacial score (nSPS) is 14.5. The van der Waals surface area contributed by atoms with Gasteiger partial charge in [-0.15, -0.1) is 11.3 Å². The molecule has 0 atom stereocenters. The van der Waals surface area contributed by atoms with Crippen LogP contribution in [-0.2, 0) is 9.53 Å². The number of ether oxygens (including phenoxy) is 1. The molecule has 2 amide bonds. The van der Waals surface area contributed by atoms with Crippen molar-refractivity contribution in [3.63, 3.8) is 0 Å². The second-order valence-electron chi connectivity index (χ2n) is 7.16. The third kappa shape index (κ3) is 5.25. The average molecular weight is 445 g/mol. The van der Waals surface area contributed by atoms with Crippen LogP contribution in [0.15, 0.2) is 42.5 Å². The maximum atomic E-state index is 14.2. The Bertz CT molecular complexity index is 1110. The Kier molecular flexibility index (Phi) is 6.55. The molecule has 4 rings (SSSR count). The number of fused-ring (bicyclic) bond motifs is 1. The summed E-state index contributed by atoms with van der Waals surface area (Å²) < 4.78 is 34.0. The number of thiophene rings is 1. The van der Waals surface area contributed by atoms with E-state index in [1.165, 1.54) is 41.7 Å². The first-order valence-electron chi connectivity index (χ1n) is 9.88. The van der Waals surface area contributed by atoms with E-state index in [2.05, 4.69) is 15.5 Å². The number of anilines is 2. The summed E-state index contributed by atoms with van der Waals surface area (Å²) >= 11 is 1.17. The van der Waals surface area contributed by atoms with E-state index in [0.717, 1.165) is 13.1 Å². The van der Waals surface area contributed by atoms with Gasteiger partial charge in [0, 0.05) is 41.8 Å². The Morgan fingerprint density at radius 1 is 1.03 bits per heavy atom. The highest BCUT2D eigenvalue weighted by Gasteiger charge is 2.16. The molecule has 9 heteroatoms. The number of nitrogens with one attached hydrogen (secondary N) is 2. The minimum Gasteiger partial charge on any atom is -0.379 e. The number of morpholine rings is 1. The van der Waals surface area contributed by atoms with E-state index in [4.69, 9.17) is 4.74 Å². The molecule has 1 aliphatic heterocycles. The Morgan fingerprint density at radius 2 is 1.84 bits per heavy atom. The molecule has 0 radical (unpaired) electrons. The molecule has 162 valence electrons. The fourth-order valence-electron chi connectivity index (χ4n) is 3.33. The van der Waals surface area contributed by atoms with Gasteiger partial charge in [0.15, 0.2) is 0 Å². The lowest BCUT2D eigenvalue weighted by Crippen LogP contribution is -2.38. The number of nitrogens with zero attached hydrogens (tertiary/aromatic N) is 1. The fourth-order valence-corrected chi connectivity index (χ4v) is 4.30. The first-order chi connectivity index (χ1) is 15.0. The monoisotopic (exact) mass is 445 g/mol. The fraction of sp³-hybridized carbons (Fsp3) is 0.273. The van der Waals surface area contributed by atoms with Crippen LogP contribution in [-0.4, -0.2) is 49.6 Å². The van der Waals surface area contributed by atoms with E-state index in [9.17, 15) is 18.4 Å². The maximum Gasteiger partial charge on any atom is 0.265 e. The third-order valence-electron chi connectivity index (χ3n) is 4.99. The quantitative estimate of drug-likeness (QED) is 0.600. The zero-order valence-corrected chi connectivity index (χ0v) is 17.4. The standard InChI is InChI=1S/C22H21F2N3O3S/c23-16-2-1-3-19-15(16)13-20(31-19)22(29)25-14-4-5-17(24)18(12-14)26-21(28)6-7-27-8-10-30-11-9-27/h1-5,12-13H,6-11H2,(H,25,29)(H,26,28). The van der Waals surface area contributed by atoms with Crippen molar-refractivity contribution in [1.82, 2.24) is 4.90 Å². The van der Waals surface area contributed by atoms with Crippen molar-refractivity contribution in [2.24, 2.45) is 0 Å². The molecule has 0 unspecified atom stereocenters. The summed E-state index contributed by atoms with van der Waals surface area (Å²) in [4.78, 5) is 27.3. The predicted molar refractivity (Wildman–Crippen MR) is 117 cm³/mol. The van der Waals surface area contributed by atoms with Crippen LogP contribution in [0, 0.1) is 11.6 Å². The molecule has 1 fully saturated rings. The van der Waals surface area contributed by atoms with Gasteiger partial charge in [-0.1, -0.05) is 6.07 Å². The number of carbonyl (C=O) groups is 2. The number of amides is 2. The first-order valence-corrected chi connectivity index (χ1v) is 10.7. The molecule has 6 nitrogen and oxygen atoms in total. The van der Waals surface area contributed by atoms with Gasteiger partial charge in [-0.25, -0.2) is 8.78 Å². The predicted octanol–water partition coefficient (Wildman–Crippen LogP) is 4.09. The van der Waals surface area contributed by atoms with E-state index < -0.39 is 17.5 Å². The van der Waals surface area contributed by atoms with E-state index in [1.54, 1.807) is 12.1 Å². The molecule has 2 N–H and O–H groups in total. The topological polar surface area (TPSA) is 70.7 Å². The van der Waals surface area contributed by atoms with Crippen molar-refractivity contribution < 1.29 is 23.1 Å². The number of rotatable bonds is 6. The summed E-state index contributed by atoms with van der Waals surface area (Å²) in [5.74, 6) is -1.73. The van der Waals surface area contributed by atoms with Crippen molar-refractivity contribution in [3.05, 3.63) is 59.0 Å². The summed E-state index contributed by atoms with van der Waals surface area (Å²) in [5.41, 5.74) is 0.319. The molecular weight excluding hydrogens is 424 g/mol. The lowest BCUT2D eigenvalue weighted by molar-refractivity contribution is -0.116. The van der Waals surface area contributed by atoms with Crippen LogP contribution in [0.4, 0.5) is 20.2 Å². The van der Waals surface area contributed by atoms with Crippen LogP contribution >= 0.6 is 11.3 Å². The summed E-state index contributed by atoms with van der Waals surface area (Å²) in [5, 5.41) is 5.61. The van der Waals surface area contributed by atoms with Gasteiger partial charge in [-0.2, -0.15) is 0 Å². The maximum absolute atomic E-state index is 14.2. The van der Waals surface area contributed by atoms with Gasteiger partial charge in [0.25, 0.3) is 5.91 Å². The number of hydrogen-bond acceptors (Lipinski definition) is 5. The molecule has 0 bridgehead atoms. The highest BCUT2D eigenvalue weighted by Crippen LogP contribution is 2.28. The Hall–Kier alpha value is -2.88. The van der Waals surface area contributed by atoms with Gasteiger partial charge < -0.3 is 15.4 Å². The van der Waals surface area contributed by atoms with Crippen LogP contribution in [0.2, 0.25) is 0 Å². The highest BCUT2D eigenvalue weighted by atomic mass is 32.1. The van der Waals surface area contributed by atoms with E-state index in [0.29, 0.717) is 40.4 Å². The lowest BCUT2D eigenvalue weighted by Gasteiger charge is -2.26. The molecule has 1 saturated heterocycles. The van der Waals surface area contributed by atoms with Crippen LogP contribution in [0.1, 0.15) is 16.1 Å². The number of halogens is 2. The van der Waals surface area contributed by atoms with Gasteiger partial charge >= 0.3 is 0 Å². The van der Waals surface area contributed by atoms with Gasteiger partial charge in [-0.3, -0.25) is 14.5 Å². The number of benzene rings is 2. The molecule has 1 aromatic heterocycles. The van der Waals surface area contributed by atoms with Gasteiger partial charge in [-0.05, 0) is 36.4 Å². The third-order valence-corrected chi connectivity index (χ3v) is 6.09. The van der Waals surface area contributed by atoms with Crippen LogP contribution in [0.5, 0.6) is 0 Å². The average Bonchev–Trinajstić information content (AvgIpc) is 3.21. The molecular formula is C22H21F2N3O3S. The van der Waals surface area contributed by atoms with Crippen molar-refractivity contribution in [3.8, 4) is 0 Å². The summed E-state index contributed by atoms with van der Waals surface area (Å²) in [6.45, 7) is 3.39. The lowest BCUT2D eigenvalue weighted by atomic mass is 10.2. The minimum atomic E-state index is -0.596. The Balaban J connectivity index is 1.40. The molecule has 31 heavy (non-hydrogen) atoms. The van der Waals surface area contributed by atoms with Gasteiger partial charge in [0.2, 0.25) is 5.91 Å². The highest BCUT2D eigenvalue weighted by molar-refractivity contribution is 7.20. The summed E-state index contributed by atoms with van der Waals surface area (Å²) in [7, 11) is 0. The second-order valence-corrected chi connectivity index (χ2v) is 8.25. The van der Waals surface area contributed by atoms with Crippen LogP contribution < -0.4 is 10.6 Å². The number of carbonyl (C=O) groups excluding carboxylic acids is 2. The SMILES string of the molecule is O=C(CCN1CCOCC1)Nc1cc(NC(=O)c2cc3c(F)cccc3s2)ccc1F. The van der Waals surface area contributed by atoms with Crippen molar-refractivity contribution >= 4 is 44.6 Å². The Morgan fingerprint density at radius 3 is 2.61 bits per heavy atom. The molecule has 3 aromatic rings. The molecule has 0 spiro atoms. The van der Waals surface area contributed by atoms with Crippen LogP contribution in [0.3, 0.4) is 0 Å². The first kappa shape index (κ1) is 21.4. The van der Waals surface area contributed by atoms with Crippen molar-refractivity contribution in [2.45, 2.75) is 6.42 Å². The summed E-state index contributed by atoms with van der Waals surface area (Å²) in [6, 6.07) is 10.1. The van der Waals surface area contributed by atoms with E-state index in [-0.39, 0.29) is 18.0 Å². The summed E-state index contributed by atoms with van der Waals surface area (Å²) in [6.07, 6.45) is 0.226. The smallest absolute Gasteiger partial charge is 0.265 e. The molecule has 2 heterocycles. The van der Waals surface area contributed by atoms with Gasteiger partial charge in [0.1, 0.15) is 11.6 Å². The zero-order valence-electron chi connectivity index (χ0n) is 16.6. The molecule has 1 aliphatic rings. The largest absolute Gasteiger partial charge is 0.379 e. The minimum absolute atomic E-state index is 0.00726. The molecule has 0 aliphatic carbocycles. The van der Waals surface area contributed by atoms with Gasteiger partial charge in [0.05, 0.1) is 23.8 Å². The zero-order chi connectivity index (χ0) is 21.8. The second kappa shape index (κ2) is 9.51. The van der Waals surface area contributed by atoms with Crippen molar-refractivity contribution in [1.29, 1.82) is 0 Å². The van der Waals surface area contributed by atoms with E-state index in [1.807, 2.05) is 0 Å².